The number of halogens is 1. The fraction of sp³-hybridized carbons (Fsp3) is 0.269. The van der Waals surface area contributed by atoms with Gasteiger partial charge >= 0.3 is 0 Å². The standard InChI is InChI=1S/C26H24ClN5O2S/c1-30-9-11-31(12-10-30)26(33)18-6-7-21(20(27)14-18)32-16-28-29-25(32)23-15-17-8-13-34-22-5-3-2-4-19(22)24(17)35-23/h2-7,14-16H,8-13H2,1H3. The normalized spacial score (nSPS) is 15.8. The molecule has 1 fully saturated rings. The van der Waals surface area contributed by atoms with E-state index in [1.807, 2.05) is 39.8 Å². The summed E-state index contributed by atoms with van der Waals surface area (Å²) in [4.78, 5) is 19.3. The predicted octanol–water partition coefficient (Wildman–Crippen LogP) is 4.64. The SMILES string of the molecule is CN1CCN(C(=O)c2ccc(-n3cnnc3-c3cc4c(s3)-c3ccccc3OCC4)c(Cl)c2)CC1. The van der Waals surface area contributed by atoms with Crippen molar-refractivity contribution in [3.05, 3.63) is 71.0 Å². The number of piperazine rings is 1. The lowest BCUT2D eigenvalue weighted by atomic mass is 10.1. The number of fused-ring (bicyclic) bond motifs is 3. The Morgan fingerprint density at radius 1 is 1.09 bits per heavy atom. The molecular formula is C26H24ClN5O2S. The van der Waals surface area contributed by atoms with Crippen LogP contribution in [0.1, 0.15) is 15.9 Å². The third kappa shape index (κ3) is 4.11. The third-order valence-corrected chi connectivity index (χ3v) is 8.09. The molecule has 2 aliphatic heterocycles. The van der Waals surface area contributed by atoms with Gasteiger partial charge in [-0.2, -0.15) is 0 Å². The number of ether oxygens (including phenoxy) is 1. The first-order valence-electron chi connectivity index (χ1n) is 11.6. The summed E-state index contributed by atoms with van der Waals surface area (Å²) in [7, 11) is 2.07. The molecule has 0 saturated carbocycles. The van der Waals surface area contributed by atoms with E-state index in [0.717, 1.165) is 60.3 Å². The van der Waals surface area contributed by atoms with E-state index in [0.29, 0.717) is 17.2 Å². The number of aromatic nitrogens is 3. The van der Waals surface area contributed by atoms with E-state index in [2.05, 4.69) is 34.3 Å². The molecule has 178 valence electrons. The topological polar surface area (TPSA) is 63.5 Å². The van der Waals surface area contributed by atoms with E-state index in [9.17, 15) is 4.79 Å². The van der Waals surface area contributed by atoms with Gasteiger partial charge in [0, 0.05) is 48.6 Å². The van der Waals surface area contributed by atoms with Gasteiger partial charge in [0.2, 0.25) is 0 Å². The van der Waals surface area contributed by atoms with Crippen molar-refractivity contribution in [1.29, 1.82) is 0 Å². The van der Waals surface area contributed by atoms with Crippen LogP contribution >= 0.6 is 22.9 Å². The zero-order valence-electron chi connectivity index (χ0n) is 19.3. The summed E-state index contributed by atoms with van der Waals surface area (Å²) < 4.78 is 7.82. The lowest BCUT2D eigenvalue weighted by Crippen LogP contribution is -2.47. The Labute approximate surface area is 212 Å². The van der Waals surface area contributed by atoms with Crippen LogP contribution in [0.4, 0.5) is 0 Å². The largest absolute Gasteiger partial charge is 0.493 e. The van der Waals surface area contributed by atoms with Gasteiger partial charge in [0.15, 0.2) is 5.82 Å². The zero-order valence-corrected chi connectivity index (χ0v) is 20.8. The monoisotopic (exact) mass is 505 g/mol. The van der Waals surface area contributed by atoms with Crippen molar-refractivity contribution >= 4 is 28.8 Å². The number of nitrogens with zero attached hydrogens (tertiary/aromatic N) is 5. The van der Waals surface area contributed by atoms with E-state index in [1.54, 1.807) is 23.7 Å². The van der Waals surface area contributed by atoms with Crippen LogP contribution in [0.15, 0.2) is 54.9 Å². The Hall–Kier alpha value is -3.20. The second kappa shape index (κ2) is 9.11. The predicted molar refractivity (Wildman–Crippen MR) is 138 cm³/mol. The Bertz CT molecular complexity index is 1410. The van der Waals surface area contributed by atoms with Gasteiger partial charge in [-0.05, 0) is 49.0 Å². The molecule has 1 amide bonds. The lowest BCUT2D eigenvalue weighted by Gasteiger charge is -2.32. The third-order valence-electron chi connectivity index (χ3n) is 6.58. The second-order valence-electron chi connectivity index (χ2n) is 8.85. The van der Waals surface area contributed by atoms with Gasteiger partial charge in [0.25, 0.3) is 5.91 Å². The van der Waals surface area contributed by atoms with Crippen LogP contribution in [0.25, 0.3) is 26.8 Å². The average Bonchev–Trinajstić information content (AvgIpc) is 3.48. The van der Waals surface area contributed by atoms with Crippen molar-refractivity contribution in [3.8, 4) is 32.6 Å². The quantitative estimate of drug-likeness (QED) is 0.406. The summed E-state index contributed by atoms with van der Waals surface area (Å²) in [5, 5.41) is 9.09. The van der Waals surface area contributed by atoms with Crippen LogP contribution in [0.2, 0.25) is 5.02 Å². The van der Waals surface area contributed by atoms with E-state index in [-0.39, 0.29) is 5.91 Å². The van der Waals surface area contributed by atoms with Crippen molar-refractivity contribution in [2.24, 2.45) is 0 Å². The van der Waals surface area contributed by atoms with Gasteiger partial charge in [-0.25, -0.2) is 0 Å². The molecule has 1 saturated heterocycles. The van der Waals surface area contributed by atoms with Crippen molar-refractivity contribution in [1.82, 2.24) is 24.6 Å². The smallest absolute Gasteiger partial charge is 0.253 e. The van der Waals surface area contributed by atoms with Crippen LogP contribution in [0.3, 0.4) is 0 Å². The number of benzene rings is 2. The summed E-state index contributed by atoms with van der Waals surface area (Å²) in [5.41, 5.74) is 3.68. The maximum absolute atomic E-state index is 13.0. The molecule has 6 rings (SSSR count). The number of rotatable bonds is 3. The molecular weight excluding hydrogens is 482 g/mol. The first kappa shape index (κ1) is 22.3. The molecule has 2 aromatic carbocycles. The molecule has 0 spiro atoms. The Morgan fingerprint density at radius 3 is 2.74 bits per heavy atom. The molecule has 4 aromatic rings. The highest BCUT2D eigenvalue weighted by molar-refractivity contribution is 7.19. The van der Waals surface area contributed by atoms with E-state index >= 15 is 0 Å². The number of para-hydroxylation sites is 1. The minimum Gasteiger partial charge on any atom is -0.493 e. The molecule has 4 heterocycles. The maximum atomic E-state index is 13.0. The number of hydrogen-bond donors (Lipinski definition) is 0. The zero-order chi connectivity index (χ0) is 23.9. The summed E-state index contributed by atoms with van der Waals surface area (Å²) >= 11 is 8.39. The minimum absolute atomic E-state index is 0.0124. The highest BCUT2D eigenvalue weighted by Crippen LogP contribution is 2.43. The van der Waals surface area contributed by atoms with Gasteiger partial charge in [-0.1, -0.05) is 23.7 Å². The first-order valence-corrected chi connectivity index (χ1v) is 12.8. The van der Waals surface area contributed by atoms with Crippen molar-refractivity contribution in [3.63, 3.8) is 0 Å². The summed E-state index contributed by atoms with van der Waals surface area (Å²) in [6.07, 6.45) is 2.50. The molecule has 0 aliphatic carbocycles. The number of hydrogen-bond acceptors (Lipinski definition) is 6. The average molecular weight is 506 g/mol. The van der Waals surface area contributed by atoms with Crippen LogP contribution in [-0.2, 0) is 6.42 Å². The molecule has 2 aliphatic rings. The van der Waals surface area contributed by atoms with Gasteiger partial charge in [-0.15, -0.1) is 21.5 Å². The van der Waals surface area contributed by atoms with Gasteiger partial charge in [0.1, 0.15) is 12.1 Å². The number of likely N-dealkylation sites (N-methyl/N-ethyl adjacent to an activating group) is 1. The fourth-order valence-corrected chi connectivity index (χ4v) is 6.10. The number of carbonyl (C=O) groups excluding carboxylic acids is 1. The second-order valence-corrected chi connectivity index (χ2v) is 10.3. The van der Waals surface area contributed by atoms with E-state index in [4.69, 9.17) is 16.3 Å². The summed E-state index contributed by atoms with van der Waals surface area (Å²) in [5.74, 6) is 1.64. The molecule has 2 aromatic heterocycles. The Kier molecular flexibility index (Phi) is 5.80. The van der Waals surface area contributed by atoms with Crippen molar-refractivity contribution in [2.75, 3.05) is 39.8 Å². The molecule has 7 nitrogen and oxygen atoms in total. The first-order chi connectivity index (χ1) is 17.1. The van der Waals surface area contributed by atoms with Gasteiger partial charge in [-0.3, -0.25) is 9.36 Å². The number of carbonyl (C=O) groups is 1. The minimum atomic E-state index is 0.0124. The van der Waals surface area contributed by atoms with Crippen molar-refractivity contribution in [2.45, 2.75) is 6.42 Å². The van der Waals surface area contributed by atoms with Crippen LogP contribution in [0, 0.1) is 0 Å². The van der Waals surface area contributed by atoms with Gasteiger partial charge in [0.05, 0.1) is 22.2 Å². The van der Waals surface area contributed by atoms with E-state index in [1.165, 1.54) is 10.4 Å². The highest BCUT2D eigenvalue weighted by Gasteiger charge is 2.24. The van der Waals surface area contributed by atoms with Crippen LogP contribution in [0.5, 0.6) is 5.75 Å². The number of amides is 1. The molecule has 0 atom stereocenters. The molecule has 0 unspecified atom stereocenters. The molecule has 0 bridgehead atoms. The lowest BCUT2D eigenvalue weighted by molar-refractivity contribution is 0.0664. The highest BCUT2D eigenvalue weighted by atomic mass is 35.5. The van der Waals surface area contributed by atoms with Gasteiger partial charge < -0.3 is 14.5 Å². The molecule has 9 heteroatoms. The van der Waals surface area contributed by atoms with Crippen molar-refractivity contribution < 1.29 is 9.53 Å². The molecule has 0 radical (unpaired) electrons. The molecule has 0 N–H and O–H groups in total. The Morgan fingerprint density at radius 2 is 1.91 bits per heavy atom. The van der Waals surface area contributed by atoms with Crippen LogP contribution < -0.4 is 4.74 Å². The van der Waals surface area contributed by atoms with Crippen LogP contribution in [-0.4, -0.2) is 70.3 Å². The summed E-state index contributed by atoms with van der Waals surface area (Å²) in [6.45, 7) is 3.84. The fourth-order valence-electron chi connectivity index (χ4n) is 4.61. The summed E-state index contributed by atoms with van der Waals surface area (Å²) in [6, 6.07) is 15.8. The number of thiophene rings is 1. The van der Waals surface area contributed by atoms with E-state index < -0.39 is 0 Å². The molecule has 35 heavy (non-hydrogen) atoms. The Balaban J connectivity index is 1.32. The maximum Gasteiger partial charge on any atom is 0.253 e.